The molecule has 0 saturated carbocycles. The molecular formula is C11H12Cl2N2O. The van der Waals surface area contributed by atoms with Crippen molar-refractivity contribution in [1.82, 2.24) is 9.88 Å². The zero-order chi connectivity index (χ0) is 12.1. The molecule has 0 spiro atoms. The summed E-state index contributed by atoms with van der Waals surface area (Å²) in [5.41, 5.74) is 0.429. The van der Waals surface area contributed by atoms with Crippen molar-refractivity contribution in [3.05, 3.63) is 40.7 Å². The van der Waals surface area contributed by atoms with Crippen molar-refractivity contribution in [2.75, 3.05) is 13.1 Å². The van der Waals surface area contributed by atoms with Gasteiger partial charge >= 0.3 is 0 Å². The maximum absolute atomic E-state index is 12.0. The van der Waals surface area contributed by atoms with Crippen LogP contribution in [0.25, 0.3) is 0 Å². The van der Waals surface area contributed by atoms with Crippen LogP contribution >= 0.6 is 23.2 Å². The van der Waals surface area contributed by atoms with E-state index in [-0.39, 0.29) is 16.1 Å². The Hall–Kier alpha value is -1.06. The van der Waals surface area contributed by atoms with Crippen LogP contribution in [0.1, 0.15) is 17.3 Å². The molecule has 0 aliphatic carbocycles. The van der Waals surface area contributed by atoms with E-state index in [0.717, 1.165) is 0 Å². The van der Waals surface area contributed by atoms with Gasteiger partial charge in [-0.25, -0.2) is 4.98 Å². The molecule has 0 unspecified atom stereocenters. The number of nitrogens with zero attached hydrogens (tertiary/aromatic N) is 2. The number of halogens is 2. The summed E-state index contributed by atoms with van der Waals surface area (Å²) in [6, 6.07) is 1.52. The van der Waals surface area contributed by atoms with Crippen LogP contribution in [-0.4, -0.2) is 28.9 Å². The van der Waals surface area contributed by atoms with Crippen molar-refractivity contribution in [3.63, 3.8) is 0 Å². The number of carbonyl (C=O) groups excluding carboxylic acids is 1. The molecule has 1 amide bonds. The Bertz CT molecular complexity index is 407. The maximum Gasteiger partial charge on any atom is 0.255 e. The van der Waals surface area contributed by atoms with Gasteiger partial charge in [0.2, 0.25) is 0 Å². The van der Waals surface area contributed by atoms with E-state index in [1.165, 1.54) is 12.3 Å². The Balaban J connectivity index is 2.94. The lowest BCUT2D eigenvalue weighted by molar-refractivity contribution is 0.0781. The summed E-state index contributed by atoms with van der Waals surface area (Å²) in [7, 11) is 0. The highest BCUT2D eigenvalue weighted by Crippen LogP contribution is 2.20. The number of carbonyl (C=O) groups is 1. The van der Waals surface area contributed by atoms with E-state index >= 15 is 0 Å². The zero-order valence-corrected chi connectivity index (χ0v) is 10.4. The molecule has 5 heteroatoms. The van der Waals surface area contributed by atoms with Crippen LogP contribution < -0.4 is 0 Å². The van der Waals surface area contributed by atoms with E-state index in [9.17, 15) is 4.79 Å². The topological polar surface area (TPSA) is 33.2 Å². The van der Waals surface area contributed by atoms with Gasteiger partial charge < -0.3 is 4.90 Å². The smallest absolute Gasteiger partial charge is 0.255 e. The number of rotatable bonds is 4. The predicted molar refractivity (Wildman–Crippen MR) is 66.0 cm³/mol. The van der Waals surface area contributed by atoms with Gasteiger partial charge in [0.1, 0.15) is 5.15 Å². The van der Waals surface area contributed by atoms with Gasteiger partial charge in [-0.1, -0.05) is 29.3 Å². The third kappa shape index (κ3) is 2.97. The van der Waals surface area contributed by atoms with Gasteiger partial charge in [0.05, 0.1) is 10.6 Å². The average molecular weight is 259 g/mol. The summed E-state index contributed by atoms with van der Waals surface area (Å²) in [6.07, 6.45) is 3.09. The molecule has 0 radical (unpaired) electrons. The zero-order valence-electron chi connectivity index (χ0n) is 8.91. The van der Waals surface area contributed by atoms with Crippen LogP contribution in [0.3, 0.4) is 0 Å². The molecule has 0 atom stereocenters. The first kappa shape index (κ1) is 13.0. The molecule has 0 aromatic carbocycles. The number of hydrogen-bond donors (Lipinski definition) is 0. The SMILES string of the molecule is C=CCN(CC)C(=O)c1cnc(Cl)c(Cl)c1. The number of hydrogen-bond acceptors (Lipinski definition) is 2. The molecule has 0 N–H and O–H groups in total. The van der Waals surface area contributed by atoms with E-state index in [1.54, 1.807) is 11.0 Å². The van der Waals surface area contributed by atoms with Gasteiger partial charge in [-0.3, -0.25) is 4.79 Å². The Kier molecular flexibility index (Phi) is 4.77. The second-order valence-electron chi connectivity index (χ2n) is 3.13. The lowest BCUT2D eigenvalue weighted by atomic mass is 10.2. The van der Waals surface area contributed by atoms with Gasteiger partial charge in [0.15, 0.2) is 0 Å². The van der Waals surface area contributed by atoms with Gasteiger partial charge in [0.25, 0.3) is 5.91 Å². The number of aromatic nitrogens is 1. The van der Waals surface area contributed by atoms with Gasteiger partial charge in [-0.2, -0.15) is 0 Å². The molecule has 1 rings (SSSR count). The highest BCUT2D eigenvalue weighted by molar-refractivity contribution is 6.41. The van der Waals surface area contributed by atoms with E-state index in [0.29, 0.717) is 18.7 Å². The number of pyridine rings is 1. The maximum atomic E-state index is 12.0. The predicted octanol–water partition coefficient (Wildman–Crippen LogP) is 3.04. The number of amides is 1. The van der Waals surface area contributed by atoms with E-state index < -0.39 is 0 Å². The normalized spacial score (nSPS) is 9.94. The quantitative estimate of drug-likeness (QED) is 0.615. The third-order valence-electron chi connectivity index (χ3n) is 2.06. The van der Waals surface area contributed by atoms with Crippen LogP contribution in [-0.2, 0) is 0 Å². The highest BCUT2D eigenvalue weighted by atomic mass is 35.5. The van der Waals surface area contributed by atoms with Crippen molar-refractivity contribution in [2.45, 2.75) is 6.92 Å². The summed E-state index contributed by atoms with van der Waals surface area (Å²) in [5, 5.41) is 0.479. The van der Waals surface area contributed by atoms with Crippen LogP contribution in [0.5, 0.6) is 0 Å². The fraction of sp³-hybridized carbons (Fsp3) is 0.273. The summed E-state index contributed by atoms with van der Waals surface area (Å²) in [5.74, 6) is -0.131. The van der Waals surface area contributed by atoms with Crippen LogP contribution in [0.2, 0.25) is 10.2 Å². The van der Waals surface area contributed by atoms with Crippen LogP contribution in [0, 0.1) is 0 Å². The first-order valence-corrected chi connectivity index (χ1v) is 5.57. The van der Waals surface area contributed by atoms with Gasteiger partial charge in [-0.05, 0) is 13.0 Å². The molecule has 0 aliphatic heterocycles. The largest absolute Gasteiger partial charge is 0.335 e. The van der Waals surface area contributed by atoms with E-state index in [2.05, 4.69) is 11.6 Å². The Morgan fingerprint density at radius 3 is 2.81 bits per heavy atom. The Morgan fingerprint density at radius 2 is 2.31 bits per heavy atom. The molecule has 1 heterocycles. The standard InChI is InChI=1S/C11H12Cl2N2O/c1-3-5-15(4-2)11(16)8-6-9(12)10(13)14-7-8/h3,6-7H,1,4-5H2,2H3. The number of likely N-dealkylation sites (N-methyl/N-ethyl adjacent to an activating group) is 1. The summed E-state index contributed by atoms with van der Waals surface area (Å²) >= 11 is 11.5. The average Bonchev–Trinajstić information content (AvgIpc) is 2.28. The minimum atomic E-state index is -0.131. The van der Waals surface area contributed by atoms with Crippen molar-refractivity contribution >= 4 is 29.1 Å². The fourth-order valence-corrected chi connectivity index (χ4v) is 1.50. The molecule has 0 saturated heterocycles. The van der Waals surface area contributed by atoms with Gasteiger partial charge in [0, 0.05) is 19.3 Å². The van der Waals surface area contributed by atoms with E-state index in [4.69, 9.17) is 23.2 Å². The van der Waals surface area contributed by atoms with Crippen LogP contribution in [0.4, 0.5) is 0 Å². The summed E-state index contributed by atoms with van der Waals surface area (Å²) in [4.78, 5) is 17.4. The summed E-state index contributed by atoms with van der Waals surface area (Å²) < 4.78 is 0. The van der Waals surface area contributed by atoms with Crippen molar-refractivity contribution in [3.8, 4) is 0 Å². The second-order valence-corrected chi connectivity index (χ2v) is 3.89. The molecule has 0 aliphatic rings. The fourth-order valence-electron chi connectivity index (χ4n) is 1.23. The Labute approximate surface area is 105 Å². The monoisotopic (exact) mass is 258 g/mol. The van der Waals surface area contributed by atoms with E-state index in [1.807, 2.05) is 6.92 Å². The van der Waals surface area contributed by atoms with Gasteiger partial charge in [-0.15, -0.1) is 6.58 Å². The molecular weight excluding hydrogens is 247 g/mol. The second kappa shape index (κ2) is 5.87. The minimum absolute atomic E-state index is 0.131. The lowest BCUT2D eigenvalue weighted by Gasteiger charge is -2.18. The van der Waals surface area contributed by atoms with Crippen molar-refractivity contribution in [1.29, 1.82) is 0 Å². The highest BCUT2D eigenvalue weighted by Gasteiger charge is 2.14. The molecule has 0 bridgehead atoms. The molecule has 1 aromatic heterocycles. The van der Waals surface area contributed by atoms with Crippen molar-refractivity contribution in [2.24, 2.45) is 0 Å². The van der Waals surface area contributed by atoms with Crippen LogP contribution in [0.15, 0.2) is 24.9 Å². The third-order valence-corrected chi connectivity index (χ3v) is 2.75. The lowest BCUT2D eigenvalue weighted by Crippen LogP contribution is -2.30. The molecule has 86 valence electrons. The molecule has 1 aromatic rings. The first-order chi connectivity index (χ1) is 7.60. The minimum Gasteiger partial charge on any atom is -0.335 e. The molecule has 3 nitrogen and oxygen atoms in total. The molecule has 0 fully saturated rings. The molecule has 16 heavy (non-hydrogen) atoms. The Morgan fingerprint density at radius 1 is 1.62 bits per heavy atom. The van der Waals surface area contributed by atoms with Crippen molar-refractivity contribution < 1.29 is 4.79 Å². The summed E-state index contributed by atoms with van der Waals surface area (Å²) in [6.45, 7) is 6.59. The first-order valence-electron chi connectivity index (χ1n) is 4.81.